The largest absolute Gasteiger partial charge is 0.311 e. The molecule has 0 aliphatic heterocycles. The van der Waals surface area contributed by atoms with Crippen LogP contribution >= 0.6 is 0 Å². The molecule has 1 nitrogen and oxygen atoms in total. The summed E-state index contributed by atoms with van der Waals surface area (Å²) in [7, 11) is 0. The van der Waals surface area contributed by atoms with E-state index >= 15 is 0 Å². The minimum absolute atomic E-state index is 0.0962. The SMILES string of the molecule is [2H]c1c([2H])c(N(c2ccc(-c3ccc4ccccc4c3-c3ccccc3)cc2)c2ccc(-c3cccc4ccccc34)cc2)c([2H])c([2H])c1-c1ccc(-c2ccccc2)cc1. The highest BCUT2D eigenvalue weighted by Crippen LogP contribution is 2.41. The van der Waals surface area contributed by atoms with Crippen molar-refractivity contribution >= 4 is 38.6 Å². The molecular weight excluding hydrogens is 687 g/mol. The van der Waals surface area contributed by atoms with Crippen LogP contribution in [0.25, 0.3) is 77.2 Å². The standard InChI is InChI=1S/C56H39N/c1-3-12-40(13-4-1)41-22-24-42(25-23-41)43-26-33-49(34-27-43)57(50-35-28-46(29-36-50)53-21-11-18-44-14-7-9-19-52(44)53)51-37-30-47(31-38-51)55-39-32-45-15-8-10-20-54(45)56(55)48-16-5-2-6-17-48/h1-39H/i26D,27D,33D,34D. The van der Waals surface area contributed by atoms with Crippen molar-refractivity contribution in [3.05, 3.63) is 236 Å². The van der Waals surface area contributed by atoms with Crippen molar-refractivity contribution in [2.24, 2.45) is 0 Å². The van der Waals surface area contributed by atoms with Gasteiger partial charge in [-0.25, -0.2) is 0 Å². The first-order chi connectivity index (χ1) is 29.9. The predicted octanol–water partition coefficient (Wildman–Crippen LogP) is 15.8. The monoisotopic (exact) mass is 729 g/mol. The fourth-order valence-electron chi connectivity index (χ4n) is 7.91. The molecule has 268 valence electrons. The molecule has 10 rings (SSSR count). The van der Waals surface area contributed by atoms with E-state index in [1.807, 2.05) is 95.9 Å². The van der Waals surface area contributed by atoms with Crippen LogP contribution < -0.4 is 4.90 Å². The van der Waals surface area contributed by atoms with E-state index in [4.69, 9.17) is 0 Å². The van der Waals surface area contributed by atoms with Gasteiger partial charge in [-0.2, -0.15) is 0 Å². The van der Waals surface area contributed by atoms with Crippen LogP contribution in [0.5, 0.6) is 0 Å². The first-order valence-electron chi connectivity index (χ1n) is 21.3. The summed E-state index contributed by atoms with van der Waals surface area (Å²) < 4.78 is 37.8. The molecule has 0 aliphatic carbocycles. The Morgan fingerprint density at radius 3 is 1.35 bits per heavy atom. The number of anilines is 3. The minimum Gasteiger partial charge on any atom is -0.311 e. The Kier molecular flexibility index (Phi) is 7.84. The highest BCUT2D eigenvalue weighted by atomic mass is 15.1. The maximum Gasteiger partial charge on any atom is 0.0645 e. The Hall–Kier alpha value is -7.48. The zero-order valence-electron chi connectivity index (χ0n) is 35.2. The Morgan fingerprint density at radius 1 is 0.263 bits per heavy atom. The fourth-order valence-corrected chi connectivity index (χ4v) is 7.91. The average Bonchev–Trinajstić information content (AvgIpc) is 3.33. The molecule has 10 aromatic carbocycles. The lowest BCUT2D eigenvalue weighted by Gasteiger charge is -2.26. The van der Waals surface area contributed by atoms with Gasteiger partial charge >= 0.3 is 0 Å². The second kappa shape index (κ2) is 15.0. The van der Waals surface area contributed by atoms with Crippen LogP contribution in [0.2, 0.25) is 0 Å². The Morgan fingerprint density at radius 2 is 0.719 bits per heavy atom. The van der Waals surface area contributed by atoms with E-state index in [0.29, 0.717) is 16.9 Å². The third kappa shape index (κ3) is 6.66. The molecule has 0 unspecified atom stereocenters. The second-order valence-corrected chi connectivity index (χ2v) is 14.2. The maximum atomic E-state index is 9.54. The van der Waals surface area contributed by atoms with E-state index in [9.17, 15) is 5.48 Å². The molecule has 0 saturated heterocycles. The third-order valence-electron chi connectivity index (χ3n) is 10.8. The van der Waals surface area contributed by atoms with Gasteiger partial charge in [0.05, 0.1) is 5.48 Å². The zero-order valence-corrected chi connectivity index (χ0v) is 31.2. The number of rotatable bonds is 8. The minimum atomic E-state index is -0.119. The fraction of sp³-hybridized carbons (Fsp3) is 0. The van der Waals surface area contributed by atoms with Crippen molar-refractivity contribution in [3.8, 4) is 55.6 Å². The van der Waals surface area contributed by atoms with Gasteiger partial charge < -0.3 is 4.90 Å². The van der Waals surface area contributed by atoms with E-state index in [2.05, 4.69) is 121 Å². The molecule has 1 heteroatoms. The van der Waals surface area contributed by atoms with E-state index in [-0.39, 0.29) is 35.4 Å². The van der Waals surface area contributed by atoms with Crippen LogP contribution in [-0.2, 0) is 0 Å². The molecule has 0 spiro atoms. The van der Waals surface area contributed by atoms with E-state index in [0.717, 1.165) is 55.3 Å². The molecule has 0 aromatic heterocycles. The predicted molar refractivity (Wildman–Crippen MR) is 243 cm³/mol. The van der Waals surface area contributed by atoms with E-state index in [1.165, 1.54) is 10.8 Å². The van der Waals surface area contributed by atoms with Gasteiger partial charge in [0, 0.05) is 17.1 Å². The van der Waals surface area contributed by atoms with Gasteiger partial charge in [0.2, 0.25) is 0 Å². The van der Waals surface area contributed by atoms with Crippen molar-refractivity contribution < 1.29 is 5.48 Å². The van der Waals surface area contributed by atoms with Crippen molar-refractivity contribution in [2.75, 3.05) is 4.90 Å². The number of hydrogen-bond acceptors (Lipinski definition) is 1. The topological polar surface area (TPSA) is 3.24 Å². The summed E-state index contributed by atoms with van der Waals surface area (Å²) in [6, 6.07) is 71.6. The Bertz CT molecular complexity index is 3170. The molecule has 0 heterocycles. The summed E-state index contributed by atoms with van der Waals surface area (Å²) in [6.07, 6.45) is 0. The van der Waals surface area contributed by atoms with Gasteiger partial charge in [-0.3, -0.25) is 0 Å². The highest BCUT2D eigenvalue weighted by molar-refractivity contribution is 6.04. The van der Waals surface area contributed by atoms with Crippen LogP contribution in [0.4, 0.5) is 17.1 Å². The summed E-state index contributed by atoms with van der Waals surface area (Å²) in [5, 5.41) is 4.65. The Labute approximate surface area is 340 Å². The van der Waals surface area contributed by atoms with Crippen LogP contribution in [0.1, 0.15) is 5.48 Å². The summed E-state index contributed by atoms with van der Waals surface area (Å²) in [6.45, 7) is 0. The first kappa shape index (κ1) is 29.8. The van der Waals surface area contributed by atoms with Crippen molar-refractivity contribution in [2.45, 2.75) is 0 Å². The summed E-state index contributed by atoms with van der Waals surface area (Å²) in [5.74, 6) is 0. The van der Waals surface area contributed by atoms with Gasteiger partial charge in [0.1, 0.15) is 0 Å². The molecule has 0 aliphatic rings. The van der Waals surface area contributed by atoms with Gasteiger partial charge in [-0.15, -0.1) is 0 Å². The van der Waals surface area contributed by atoms with E-state index in [1.54, 1.807) is 0 Å². The summed E-state index contributed by atoms with van der Waals surface area (Å²) >= 11 is 0. The molecule has 57 heavy (non-hydrogen) atoms. The molecular formula is C56H39N. The smallest absolute Gasteiger partial charge is 0.0645 e. The average molecular weight is 730 g/mol. The lowest BCUT2D eigenvalue weighted by molar-refractivity contribution is 1.28. The lowest BCUT2D eigenvalue weighted by atomic mass is 9.90. The second-order valence-electron chi connectivity index (χ2n) is 14.2. The number of benzene rings is 10. The molecule has 10 aromatic rings. The third-order valence-corrected chi connectivity index (χ3v) is 10.8. The lowest BCUT2D eigenvalue weighted by Crippen LogP contribution is -2.09. The van der Waals surface area contributed by atoms with Crippen LogP contribution in [0, 0.1) is 0 Å². The number of nitrogens with zero attached hydrogens (tertiary/aromatic N) is 1. The molecule has 0 fully saturated rings. The molecule has 0 amide bonds. The highest BCUT2D eigenvalue weighted by Gasteiger charge is 2.16. The van der Waals surface area contributed by atoms with Crippen LogP contribution in [0.3, 0.4) is 0 Å². The van der Waals surface area contributed by atoms with Crippen molar-refractivity contribution in [3.63, 3.8) is 0 Å². The normalized spacial score (nSPS) is 12.1. The zero-order chi connectivity index (χ0) is 41.5. The van der Waals surface area contributed by atoms with Gasteiger partial charge in [-0.1, -0.05) is 200 Å². The molecule has 0 bridgehead atoms. The number of fused-ring (bicyclic) bond motifs is 2. The van der Waals surface area contributed by atoms with Crippen molar-refractivity contribution in [1.82, 2.24) is 0 Å². The quantitative estimate of drug-likeness (QED) is 0.151. The van der Waals surface area contributed by atoms with Crippen LogP contribution in [0.15, 0.2) is 236 Å². The number of hydrogen-bond donors (Lipinski definition) is 0. The molecule has 0 N–H and O–H groups in total. The summed E-state index contributed by atoms with van der Waals surface area (Å²) in [5.41, 5.74) is 11.1. The Balaban J connectivity index is 1.11. The molecule has 0 radical (unpaired) electrons. The molecule has 0 atom stereocenters. The van der Waals surface area contributed by atoms with Gasteiger partial charge in [0.25, 0.3) is 0 Å². The van der Waals surface area contributed by atoms with E-state index < -0.39 is 0 Å². The van der Waals surface area contributed by atoms with Gasteiger partial charge in [-0.05, 0) is 114 Å². The maximum absolute atomic E-state index is 9.54. The van der Waals surface area contributed by atoms with Gasteiger partial charge in [0.15, 0.2) is 0 Å². The summed E-state index contributed by atoms with van der Waals surface area (Å²) in [4.78, 5) is 1.86. The molecule has 0 saturated carbocycles. The van der Waals surface area contributed by atoms with Crippen LogP contribution in [-0.4, -0.2) is 0 Å². The first-order valence-corrected chi connectivity index (χ1v) is 19.3. The van der Waals surface area contributed by atoms with Crippen molar-refractivity contribution in [1.29, 1.82) is 0 Å².